The van der Waals surface area contributed by atoms with Gasteiger partial charge in [-0.2, -0.15) is 16.3 Å². The molecule has 1 aliphatic carbocycles. The van der Waals surface area contributed by atoms with Crippen LogP contribution in [0.1, 0.15) is 44.4 Å². The molecule has 3 heterocycles. The van der Waals surface area contributed by atoms with E-state index >= 15 is 0 Å². The summed E-state index contributed by atoms with van der Waals surface area (Å²) in [5, 5.41) is 8.23. The second-order valence-electron chi connectivity index (χ2n) is 6.25. The smallest absolute Gasteiger partial charge is 0.241 e. The summed E-state index contributed by atoms with van der Waals surface area (Å²) in [4.78, 5) is 7.15. The third-order valence-electron chi connectivity index (χ3n) is 4.94. The lowest BCUT2D eigenvalue weighted by molar-refractivity contribution is 0.0466. The van der Waals surface area contributed by atoms with Gasteiger partial charge in [-0.25, -0.2) is 0 Å². The maximum atomic E-state index is 5.47. The number of thiophene rings is 1. The van der Waals surface area contributed by atoms with Crippen LogP contribution in [0.4, 0.5) is 0 Å². The Kier molecular flexibility index (Phi) is 3.78. The lowest BCUT2D eigenvalue weighted by Crippen LogP contribution is -2.46. The first-order chi connectivity index (χ1) is 10.4. The predicted molar refractivity (Wildman–Crippen MR) is 83.0 cm³/mol. The minimum Gasteiger partial charge on any atom is -0.338 e. The van der Waals surface area contributed by atoms with Gasteiger partial charge in [0.25, 0.3) is 0 Å². The number of hydrogen-bond donors (Lipinski definition) is 0. The van der Waals surface area contributed by atoms with E-state index in [4.69, 9.17) is 4.52 Å². The highest BCUT2D eigenvalue weighted by Gasteiger charge is 2.33. The van der Waals surface area contributed by atoms with E-state index in [-0.39, 0.29) is 0 Å². The molecule has 0 radical (unpaired) electrons. The van der Waals surface area contributed by atoms with Crippen LogP contribution in [0.25, 0.3) is 11.4 Å². The van der Waals surface area contributed by atoms with Gasteiger partial charge in [0.2, 0.25) is 11.7 Å². The zero-order chi connectivity index (χ0) is 14.1. The molecule has 2 fully saturated rings. The lowest BCUT2D eigenvalue weighted by Gasteiger charge is -2.43. The molecule has 2 aromatic rings. The molecule has 0 bridgehead atoms. The van der Waals surface area contributed by atoms with Gasteiger partial charge in [0.05, 0.1) is 6.54 Å². The Balaban J connectivity index is 1.47. The van der Waals surface area contributed by atoms with Crippen molar-refractivity contribution in [2.24, 2.45) is 5.92 Å². The Morgan fingerprint density at radius 3 is 3.05 bits per heavy atom. The van der Waals surface area contributed by atoms with Crippen LogP contribution >= 0.6 is 11.3 Å². The molecule has 0 N–H and O–H groups in total. The van der Waals surface area contributed by atoms with Crippen LogP contribution < -0.4 is 0 Å². The Morgan fingerprint density at radius 2 is 2.14 bits per heavy atom. The zero-order valence-corrected chi connectivity index (χ0v) is 13.0. The molecule has 21 heavy (non-hydrogen) atoms. The van der Waals surface area contributed by atoms with Crippen molar-refractivity contribution in [1.82, 2.24) is 15.0 Å². The molecule has 0 unspecified atom stereocenters. The summed E-state index contributed by atoms with van der Waals surface area (Å²) in [7, 11) is 0. The van der Waals surface area contributed by atoms with Crippen molar-refractivity contribution in [3.05, 3.63) is 22.7 Å². The van der Waals surface area contributed by atoms with Crippen LogP contribution in [0.15, 0.2) is 21.3 Å². The standard InChI is InChI=1S/C16H21N3OS/c1-2-6-14-12(4-1)5-3-8-19(14)10-15-17-16(18-20-15)13-7-9-21-11-13/h7,9,11-12,14H,1-6,8,10H2/t12-,14-/m0/s1. The highest BCUT2D eigenvalue weighted by Crippen LogP contribution is 2.35. The third kappa shape index (κ3) is 2.77. The molecule has 2 atom stereocenters. The number of piperidine rings is 1. The first-order valence-electron chi connectivity index (χ1n) is 7.99. The fourth-order valence-corrected chi connectivity index (χ4v) is 4.56. The van der Waals surface area contributed by atoms with Crippen molar-refractivity contribution in [2.45, 2.75) is 51.1 Å². The summed E-state index contributed by atoms with van der Waals surface area (Å²) in [6.07, 6.45) is 8.26. The van der Waals surface area contributed by atoms with Crippen molar-refractivity contribution in [3.63, 3.8) is 0 Å². The Labute approximate surface area is 129 Å². The quantitative estimate of drug-likeness (QED) is 0.861. The van der Waals surface area contributed by atoms with E-state index in [9.17, 15) is 0 Å². The lowest BCUT2D eigenvalue weighted by atomic mass is 9.78. The number of fused-ring (bicyclic) bond motifs is 1. The van der Waals surface area contributed by atoms with Crippen molar-refractivity contribution < 1.29 is 4.52 Å². The monoisotopic (exact) mass is 303 g/mol. The van der Waals surface area contributed by atoms with Gasteiger partial charge < -0.3 is 4.52 Å². The Bertz CT molecular complexity index is 578. The molecule has 4 rings (SSSR count). The maximum Gasteiger partial charge on any atom is 0.241 e. The number of nitrogens with zero attached hydrogens (tertiary/aromatic N) is 3. The van der Waals surface area contributed by atoms with Gasteiger partial charge >= 0.3 is 0 Å². The third-order valence-corrected chi connectivity index (χ3v) is 5.63. The zero-order valence-electron chi connectivity index (χ0n) is 12.2. The number of likely N-dealkylation sites (tertiary alicyclic amines) is 1. The average Bonchev–Trinajstić information content (AvgIpc) is 3.18. The summed E-state index contributed by atoms with van der Waals surface area (Å²) in [6, 6.07) is 2.78. The van der Waals surface area contributed by atoms with Crippen LogP contribution in [0.3, 0.4) is 0 Å². The fourth-order valence-electron chi connectivity index (χ4n) is 3.93. The van der Waals surface area contributed by atoms with Gasteiger partial charge in [0.15, 0.2) is 0 Å². The van der Waals surface area contributed by atoms with Crippen LogP contribution in [-0.2, 0) is 6.54 Å². The summed E-state index contributed by atoms with van der Waals surface area (Å²) in [5.41, 5.74) is 1.06. The molecular weight excluding hydrogens is 282 g/mol. The highest BCUT2D eigenvalue weighted by atomic mass is 32.1. The number of hydrogen-bond acceptors (Lipinski definition) is 5. The summed E-state index contributed by atoms with van der Waals surface area (Å²) < 4.78 is 5.47. The molecule has 1 aliphatic heterocycles. The van der Waals surface area contributed by atoms with Crippen molar-refractivity contribution in [3.8, 4) is 11.4 Å². The first-order valence-corrected chi connectivity index (χ1v) is 8.93. The van der Waals surface area contributed by atoms with Gasteiger partial charge in [-0.05, 0) is 49.6 Å². The second-order valence-corrected chi connectivity index (χ2v) is 7.03. The van der Waals surface area contributed by atoms with Crippen molar-refractivity contribution >= 4 is 11.3 Å². The molecule has 2 aromatic heterocycles. The minimum atomic E-state index is 0.725. The van der Waals surface area contributed by atoms with Gasteiger partial charge in [0.1, 0.15) is 0 Å². The first kappa shape index (κ1) is 13.5. The minimum absolute atomic E-state index is 0.725. The van der Waals surface area contributed by atoms with E-state index < -0.39 is 0 Å². The van der Waals surface area contributed by atoms with E-state index in [0.29, 0.717) is 0 Å². The van der Waals surface area contributed by atoms with E-state index in [1.54, 1.807) is 11.3 Å². The molecule has 0 spiro atoms. The Hall–Kier alpha value is -1.20. The largest absolute Gasteiger partial charge is 0.338 e. The molecule has 1 saturated heterocycles. The average molecular weight is 303 g/mol. The van der Waals surface area contributed by atoms with Crippen molar-refractivity contribution in [2.75, 3.05) is 6.54 Å². The molecule has 2 aliphatic rings. The molecule has 112 valence electrons. The van der Waals surface area contributed by atoms with E-state index in [0.717, 1.165) is 35.8 Å². The van der Waals surface area contributed by atoms with Crippen LogP contribution in [0.2, 0.25) is 0 Å². The topological polar surface area (TPSA) is 42.2 Å². The molecule has 0 aromatic carbocycles. The van der Waals surface area contributed by atoms with Gasteiger partial charge in [0, 0.05) is 17.0 Å². The van der Waals surface area contributed by atoms with Gasteiger partial charge in [-0.3, -0.25) is 4.90 Å². The van der Waals surface area contributed by atoms with E-state index in [1.165, 1.54) is 45.1 Å². The van der Waals surface area contributed by atoms with Crippen LogP contribution in [0.5, 0.6) is 0 Å². The van der Waals surface area contributed by atoms with Crippen molar-refractivity contribution in [1.29, 1.82) is 0 Å². The highest BCUT2D eigenvalue weighted by molar-refractivity contribution is 7.08. The normalized spacial score (nSPS) is 26.7. The maximum absolute atomic E-state index is 5.47. The number of aromatic nitrogens is 2. The Morgan fingerprint density at radius 1 is 1.24 bits per heavy atom. The molecule has 1 saturated carbocycles. The SMILES string of the molecule is c1cc(-c2noc(CN3CCC[C@@H]4CCCC[C@@H]43)n2)cs1. The second kappa shape index (κ2) is 5.89. The fraction of sp³-hybridized carbons (Fsp3) is 0.625. The van der Waals surface area contributed by atoms with E-state index in [1.807, 2.05) is 11.4 Å². The number of rotatable bonds is 3. The van der Waals surface area contributed by atoms with E-state index in [2.05, 4.69) is 20.4 Å². The molecule has 4 nitrogen and oxygen atoms in total. The summed E-state index contributed by atoms with van der Waals surface area (Å²) >= 11 is 1.66. The van der Waals surface area contributed by atoms with Crippen LogP contribution in [-0.4, -0.2) is 27.6 Å². The summed E-state index contributed by atoms with van der Waals surface area (Å²) in [6.45, 7) is 2.00. The van der Waals surface area contributed by atoms with Crippen LogP contribution in [0, 0.1) is 5.92 Å². The van der Waals surface area contributed by atoms with Gasteiger partial charge in [-0.1, -0.05) is 18.0 Å². The molecule has 0 amide bonds. The predicted octanol–water partition coefficient (Wildman–Crippen LogP) is 3.95. The summed E-state index contributed by atoms with van der Waals surface area (Å²) in [5.74, 6) is 2.39. The molecular formula is C16H21N3OS. The van der Waals surface area contributed by atoms with Gasteiger partial charge in [-0.15, -0.1) is 0 Å². The molecule has 5 heteroatoms.